The molecule has 2 atom stereocenters. The highest BCUT2D eigenvalue weighted by atomic mass is 15.2. The lowest BCUT2D eigenvalue weighted by Gasteiger charge is -2.28. The van der Waals surface area contributed by atoms with Gasteiger partial charge in [0.05, 0.1) is 5.52 Å². The highest BCUT2D eigenvalue weighted by molar-refractivity contribution is 5.79. The Kier molecular flexibility index (Phi) is 4.22. The third kappa shape index (κ3) is 2.81. The standard InChI is InChI=1S/C18H25N3/c1-4-21-10-9-16(12-19-3)18(21)15-7-8-17-14(11-15)6-5-13(2)20-17/h5-8,11,16,18-19H,4,9-10,12H2,1-3H3. The summed E-state index contributed by atoms with van der Waals surface area (Å²) in [7, 11) is 2.05. The summed E-state index contributed by atoms with van der Waals surface area (Å²) in [5.74, 6) is 0.700. The Morgan fingerprint density at radius 3 is 2.90 bits per heavy atom. The molecule has 2 aromatic rings. The van der Waals surface area contributed by atoms with Gasteiger partial charge >= 0.3 is 0 Å². The molecule has 2 heterocycles. The number of pyridine rings is 1. The number of hydrogen-bond donors (Lipinski definition) is 1. The van der Waals surface area contributed by atoms with Gasteiger partial charge in [0.1, 0.15) is 0 Å². The number of fused-ring (bicyclic) bond motifs is 1. The number of hydrogen-bond acceptors (Lipinski definition) is 3. The van der Waals surface area contributed by atoms with Crippen LogP contribution in [0.1, 0.15) is 30.6 Å². The zero-order valence-electron chi connectivity index (χ0n) is 13.3. The Bertz CT molecular complexity index is 623. The molecule has 0 bridgehead atoms. The smallest absolute Gasteiger partial charge is 0.0705 e. The van der Waals surface area contributed by atoms with Gasteiger partial charge in [-0.25, -0.2) is 0 Å². The summed E-state index contributed by atoms with van der Waals surface area (Å²) >= 11 is 0. The van der Waals surface area contributed by atoms with Crippen molar-refractivity contribution in [2.45, 2.75) is 26.3 Å². The fourth-order valence-electron chi connectivity index (χ4n) is 3.67. The van der Waals surface area contributed by atoms with Crippen LogP contribution in [0.15, 0.2) is 30.3 Å². The Morgan fingerprint density at radius 2 is 2.14 bits per heavy atom. The van der Waals surface area contributed by atoms with Gasteiger partial charge in [0, 0.05) is 17.1 Å². The van der Waals surface area contributed by atoms with Crippen LogP contribution >= 0.6 is 0 Å². The molecule has 1 saturated heterocycles. The van der Waals surface area contributed by atoms with Gasteiger partial charge in [-0.1, -0.05) is 19.1 Å². The summed E-state index contributed by atoms with van der Waals surface area (Å²) in [4.78, 5) is 7.21. The van der Waals surface area contributed by atoms with Crippen molar-refractivity contribution in [3.8, 4) is 0 Å². The summed E-state index contributed by atoms with van der Waals surface area (Å²) < 4.78 is 0. The molecular formula is C18H25N3. The molecule has 2 unspecified atom stereocenters. The van der Waals surface area contributed by atoms with Crippen LogP contribution < -0.4 is 5.32 Å². The van der Waals surface area contributed by atoms with E-state index >= 15 is 0 Å². The highest BCUT2D eigenvalue weighted by Crippen LogP contribution is 2.37. The summed E-state index contributed by atoms with van der Waals surface area (Å²) in [6.07, 6.45) is 1.28. The van der Waals surface area contributed by atoms with E-state index in [-0.39, 0.29) is 0 Å². The fraction of sp³-hybridized carbons (Fsp3) is 0.500. The van der Waals surface area contributed by atoms with Crippen LogP contribution in [0.3, 0.4) is 0 Å². The molecule has 1 aromatic carbocycles. The van der Waals surface area contributed by atoms with Crippen molar-refractivity contribution in [1.82, 2.24) is 15.2 Å². The van der Waals surface area contributed by atoms with E-state index in [4.69, 9.17) is 0 Å². The van der Waals surface area contributed by atoms with Gasteiger partial charge in [0.2, 0.25) is 0 Å². The maximum absolute atomic E-state index is 4.61. The lowest BCUT2D eigenvalue weighted by atomic mass is 9.92. The average molecular weight is 283 g/mol. The Morgan fingerprint density at radius 1 is 1.29 bits per heavy atom. The monoisotopic (exact) mass is 283 g/mol. The van der Waals surface area contributed by atoms with E-state index < -0.39 is 0 Å². The van der Waals surface area contributed by atoms with Crippen molar-refractivity contribution in [3.05, 3.63) is 41.6 Å². The van der Waals surface area contributed by atoms with Gasteiger partial charge < -0.3 is 5.32 Å². The van der Waals surface area contributed by atoms with E-state index in [1.54, 1.807) is 0 Å². The lowest BCUT2D eigenvalue weighted by Crippen LogP contribution is -2.29. The predicted molar refractivity (Wildman–Crippen MR) is 88.5 cm³/mol. The number of nitrogens with one attached hydrogen (secondary N) is 1. The molecule has 0 amide bonds. The maximum atomic E-state index is 4.61. The summed E-state index contributed by atoms with van der Waals surface area (Å²) in [5, 5.41) is 4.61. The molecule has 1 fully saturated rings. The summed E-state index contributed by atoms with van der Waals surface area (Å²) in [5.41, 5.74) is 3.62. The van der Waals surface area contributed by atoms with Crippen LogP contribution in [-0.2, 0) is 0 Å². The van der Waals surface area contributed by atoms with Gasteiger partial charge in [-0.15, -0.1) is 0 Å². The molecule has 3 nitrogen and oxygen atoms in total. The topological polar surface area (TPSA) is 28.2 Å². The van der Waals surface area contributed by atoms with Crippen molar-refractivity contribution in [2.24, 2.45) is 5.92 Å². The second-order valence-corrected chi connectivity index (χ2v) is 6.08. The van der Waals surface area contributed by atoms with E-state index in [2.05, 4.69) is 59.5 Å². The first-order chi connectivity index (χ1) is 10.2. The third-order valence-corrected chi connectivity index (χ3v) is 4.69. The second-order valence-electron chi connectivity index (χ2n) is 6.08. The van der Waals surface area contributed by atoms with E-state index in [1.165, 1.54) is 23.9 Å². The molecule has 0 spiro atoms. The molecule has 1 aliphatic rings. The van der Waals surface area contributed by atoms with Crippen LogP contribution in [0, 0.1) is 12.8 Å². The van der Waals surface area contributed by atoms with Gasteiger partial charge in [0.25, 0.3) is 0 Å². The van der Waals surface area contributed by atoms with Gasteiger partial charge in [-0.05, 0) is 69.7 Å². The fourth-order valence-corrected chi connectivity index (χ4v) is 3.67. The Balaban J connectivity index is 1.98. The van der Waals surface area contributed by atoms with Crippen LogP contribution in [0.2, 0.25) is 0 Å². The molecule has 1 aromatic heterocycles. The minimum Gasteiger partial charge on any atom is -0.319 e. The molecule has 0 aliphatic carbocycles. The largest absolute Gasteiger partial charge is 0.319 e. The Labute approximate surface area is 127 Å². The molecule has 3 rings (SSSR count). The minimum absolute atomic E-state index is 0.535. The number of rotatable bonds is 4. The SMILES string of the molecule is CCN1CCC(CNC)C1c1ccc2nc(C)ccc2c1. The molecule has 3 heteroatoms. The lowest BCUT2D eigenvalue weighted by molar-refractivity contribution is 0.238. The molecule has 21 heavy (non-hydrogen) atoms. The Hall–Kier alpha value is -1.45. The molecular weight excluding hydrogens is 258 g/mol. The van der Waals surface area contributed by atoms with Crippen molar-refractivity contribution in [1.29, 1.82) is 0 Å². The van der Waals surface area contributed by atoms with E-state index in [0.717, 1.165) is 24.3 Å². The third-order valence-electron chi connectivity index (χ3n) is 4.69. The van der Waals surface area contributed by atoms with Crippen LogP contribution in [-0.4, -0.2) is 36.6 Å². The zero-order chi connectivity index (χ0) is 14.8. The number of benzene rings is 1. The normalized spacial score (nSPS) is 23.0. The minimum atomic E-state index is 0.535. The first-order valence-corrected chi connectivity index (χ1v) is 7.99. The van der Waals surface area contributed by atoms with Crippen LogP contribution in [0.5, 0.6) is 0 Å². The van der Waals surface area contributed by atoms with E-state index in [1.807, 2.05) is 6.92 Å². The quantitative estimate of drug-likeness (QED) is 0.934. The highest BCUT2D eigenvalue weighted by Gasteiger charge is 2.33. The molecule has 0 radical (unpaired) electrons. The molecule has 1 N–H and O–H groups in total. The van der Waals surface area contributed by atoms with E-state index in [0.29, 0.717) is 12.0 Å². The first kappa shape index (κ1) is 14.5. The zero-order valence-corrected chi connectivity index (χ0v) is 13.3. The van der Waals surface area contributed by atoms with Crippen molar-refractivity contribution in [2.75, 3.05) is 26.7 Å². The molecule has 112 valence electrons. The summed E-state index contributed by atoms with van der Waals surface area (Å²) in [6.45, 7) is 7.73. The average Bonchev–Trinajstić information content (AvgIpc) is 2.90. The summed E-state index contributed by atoms with van der Waals surface area (Å²) in [6, 6.07) is 11.6. The number of likely N-dealkylation sites (tertiary alicyclic amines) is 1. The van der Waals surface area contributed by atoms with Crippen molar-refractivity contribution < 1.29 is 0 Å². The van der Waals surface area contributed by atoms with Crippen LogP contribution in [0.4, 0.5) is 0 Å². The van der Waals surface area contributed by atoms with Gasteiger partial charge in [-0.2, -0.15) is 0 Å². The van der Waals surface area contributed by atoms with Crippen LogP contribution in [0.25, 0.3) is 10.9 Å². The number of nitrogens with zero attached hydrogens (tertiary/aromatic N) is 2. The van der Waals surface area contributed by atoms with Gasteiger partial charge in [-0.3, -0.25) is 9.88 Å². The molecule has 1 aliphatic heterocycles. The van der Waals surface area contributed by atoms with Crippen molar-refractivity contribution in [3.63, 3.8) is 0 Å². The van der Waals surface area contributed by atoms with Crippen molar-refractivity contribution >= 4 is 10.9 Å². The van der Waals surface area contributed by atoms with E-state index in [9.17, 15) is 0 Å². The maximum Gasteiger partial charge on any atom is 0.0705 e. The number of aromatic nitrogens is 1. The first-order valence-electron chi connectivity index (χ1n) is 7.99. The predicted octanol–water partition coefficient (Wildman–Crippen LogP) is 3.15. The second kappa shape index (κ2) is 6.12. The number of aryl methyl sites for hydroxylation is 1. The van der Waals surface area contributed by atoms with Gasteiger partial charge in [0.15, 0.2) is 0 Å². The molecule has 0 saturated carbocycles.